The summed E-state index contributed by atoms with van der Waals surface area (Å²) in [6.07, 6.45) is 2.48. The fourth-order valence-electron chi connectivity index (χ4n) is 1.72. The second-order valence-corrected chi connectivity index (χ2v) is 4.30. The number of nitrogens with zero attached hydrogens (tertiary/aromatic N) is 2. The maximum atomic E-state index is 12.1. The summed E-state index contributed by atoms with van der Waals surface area (Å²) in [6.45, 7) is 1.54. The number of benzene rings is 1. The minimum Gasteiger partial charge on any atom is -0.320 e. The summed E-state index contributed by atoms with van der Waals surface area (Å²) in [5.41, 5.74) is 0.651. The molecule has 0 aliphatic carbocycles. The molecule has 0 aliphatic rings. The molecule has 1 aromatic heterocycles. The SMILES string of the molecule is CNCCCn1cnc2ccc(Cl)cc2c1=O. The lowest BCUT2D eigenvalue weighted by Crippen LogP contribution is -2.22. The Morgan fingerprint density at radius 3 is 3.06 bits per heavy atom. The van der Waals surface area contributed by atoms with Crippen LogP contribution < -0.4 is 10.9 Å². The van der Waals surface area contributed by atoms with Gasteiger partial charge in [0.2, 0.25) is 0 Å². The molecule has 2 aromatic rings. The quantitative estimate of drug-likeness (QED) is 0.841. The van der Waals surface area contributed by atoms with E-state index in [0.29, 0.717) is 22.5 Å². The Morgan fingerprint density at radius 1 is 1.47 bits per heavy atom. The van der Waals surface area contributed by atoms with Crippen molar-refractivity contribution in [1.29, 1.82) is 0 Å². The van der Waals surface area contributed by atoms with Gasteiger partial charge < -0.3 is 5.32 Å². The van der Waals surface area contributed by atoms with Crippen molar-refractivity contribution >= 4 is 22.5 Å². The van der Waals surface area contributed by atoms with E-state index in [1.807, 2.05) is 7.05 Å². The Morgan fingerprint density at radius 2 is 2.29 bits per heavy atom. The zero-order valence-electron chi connectivity index (χ0n) is 9.61. The highest BCUT2D eigenvalue weighted by molar-refractivity contribution is 6.31. The van der Waals surface area contributed by atoms with Gasteiger partial charge in [0.05, 0.1) is 17.2 Å². The largest absolute Gasteiger partial charge is 0.320 e. The van der Waals surface area contributed by atoms with Crippen LogP contribution in [0.2, 0.25) is 5.02 Å². The van der Waals surface area contributed by atoms with Gasteiger partial charge in [-0.25, -0.2) is 4.98 Å². The van der Waals surface area contributed by atoms with Crippen molar-refractivity contribution < 1.29 is 0 Å². The van der Waals surface area contributed by atoms with E-state index >= 15 is 0 Å². The van der Waals surface area contributed by atoms with E-state index in [-0.39, 0.29) is 5.56 Å². The third kappa shape index (κ3) is 2.65. The number of halogens is 1. The van der Waals surface area contributed by atoms with Crippen LogP contribution in [-0.2, 0) is 6.54 Å². The first-order valence-corrected chi connectivity index (χ1v) is 5.89. The number of aromatic nitrogens is 2. The van der Waals surface area contributed by atoms with Crippen LogP contribution in [0.1, 0.15) is 6.42 Å². The molecule has 0 radical (unpaired) electrons. The van der Waals surface area contributed by atoms with Gasteiger partial charge in [-0.05, 0) is 38.2 Å². The smallest absolute Gasteiger partial charge is 0.261 e. The lowest BCUT2D eigenvalue weighted by molar-refractivity contribution is 0.594. The number of aryl methyl sites for hydroxylation is 1. The molecule has 90 valence electrons. The van der Waals surface area contributed by atoms with Crippen molar-refractivity contribution in [3.63, 3.8) is 0 Å². The van der Waals surface area contributed by atoms with Gasteiger partial charge in [-0.3, -0.25) is 9.36 Å². The predicted molar refractivity (Wildman–Crippen MR) is 69.6 cm³/mol. The standard InChI is InChI=1S/C12H14ClN3O/c1-14-5-2-6-16-8-15-11-4-3-9(13)7-10(11)12(16)17/h3-4,7-8,14H,2,5-6H2,1H3. The molecule has 1 aromatic carbocycles. The summed E-state index contributed by atoms with van der Waals surface area (Å²) in [5.74, 6) is 0. The van der Waals surface area contributed by atoms with Gasteiger partial charge in [0.1, 0.15) is 0 Å². The van der Waals surface area contributed by atoms with Gasteiger partial charge in [-0.15, -0.1) is 0 Å². The third-order valence-electron chi connectivity index (χ3n) is 2.61. The Bertz CT molecular complexity index is 579. The maximum Gasteiger partial charge on any atom is 0.261 e. The van der Waals surface area contributed by atoms with Crippen molar-refractivity contribution in [3.8, 4) is 0 Å². The van der Waals surface area contributed by atoms with Crippen molar-refractivity contribution in [2.24, 2.45) is 0 Å². The molecule has 5 heteroatoms. The van der Waals surface area contributed by atoms with E-state index in [1.54, 1.807) is 29.1 Å². The molecule has 0 spiro atoms. The molecule has 0 atom stereocenters. The molecule has 0 saturated carbocycles. The summed E-state index contributed by atoms with van der Waals surface area (Å²) in [5, 5.41) is 4.18. The molecule has 4 nitrogen and oxygen atoms in total. The van der Waals surface area contributed by atoms with Crippen molar-refractivity contribution in [1.82, 2.24) is 14.9 Å². The lowest BCUT2D eigenvalue weighted by atomic mass is 10.2. The van der Waals surface area contributed by atoms with Crippen LogP contribution in [0.25, 0.3) is 10.9 Å². The minimum atomic E-state index is -0.0337. The number of hydrogen-bond acceptors (Lipinski definition) is 3. The molecule has 1 N–H and O–H groups in total. The molecular weight excluding hydrogens is 238 g/mol. The van der Waals surface area contributed by atoms with E-state index in [0.717, 1.165) is 13.0 Å². The third-order valence-corrected chi connectivity index (χ3v) is 2.85. The van der Waals surface area contributed by atoms with Crippen molar-refractivity contribution in [2.45, 2.75) is 13.0 Å². The summed E-state index contributed by atoms with van der Waals surface area (Å²) >= 11 is 5.88. The van der Waals surface area contributed by atoms with Crippen LogP contribution in [-0.4, -0.2) is 23.1 Å². The van der Waals surface area contributed by atoms with Crippen LogP contribution in [0.4, 0.5) is 0 Å². The Kier molecular flexibility index (Phi) is 3.76. The van der Waals surface area contributed by atoms with Crippen LogP contribution in [0.15, 0.2) is 29.3 Å². The van der Waals surface area contributed by atoms with Crippen molar-refractivity contribution in [2.75, 3.05) is 13.6 Å². The van der Waals surface area contributed by atoms with Gasteiger partial charge in [-0.2, -0.15) is 0 Å². The van der Waals surface area contributed by atoms with E-state index in [1.165, 1.54) is 0 Å². The normalized spacial score (nSPS) is 10.9. The van der Waals surface area contributed by atoms with Crippen LogP contribution in [0, 0.1) is 0 Å². The maximum absolute atomic E-state index is 12.1. The number of nitrogens with one attached hydrogen (secondary N) is 1. The number of hydrogen-bond donors (Lipinski definition) is 1. The molecule has 1 heterocycles. The first kappa shape index (κ1) is 12.1. The summed E-state index contributed by atoms with van der Waals surface area (Å²) in [6, 6.07) is 5.17. The van der Waals surface area contributed by atoms with E-state index in [4.69, 9.17) is 11.6 Å². The minimum absolute atomic E-state index is 0.0337. The Balaban J connectivity index is 2.39. The number of fused-ring (bicyclic) bond motifs is 1. The summed E-state index contributed by atoms with van der Waals surface area (Å²) in [4.78, 5) is 16.4. The second kappa shape index (κ2) is 5.29. The van der Waals surface area contributed by atoms with Gasteiger partial charge in [0.25, 0.3) is 5.56 Å². The monoisotopic (exact) mass is 251 g/mol. The zero-order chi connectivity index (χ0) is 12.3. The average Bonchev–Trinajstić information content (AvgIpc) is 2.33. The van der Waals surface area contributed by atoms with Gasteiger partial charge in [0.15, 0.2) is 0 Å². The molecule has 0 fully saturated rings. The topological polar surface area (TPSA) is 46.9 Å². The average molecular weight is 252 g/mol. The first-order chi connectivity index (χ1) is 8.22. The van der Waals surface area contributed by atoms with Gasteiger partial charge >= 0.3 is 0 Å². The predicted octanol–water partition coefficient (Wildman–Crippen LogP) is 1.66. The molecular formula is C12H14ClN3O. The van der Waals surface area contributed by atoms with Crippen LogP contribution in [0.3, 0.4) is 0 Å². The Labute approximate surface area is 104 Å². The summed E-state index contributed by atoms with van der Waals surface area (Å²) < 4.78 is 1.62. The molecule has 0 unspecified atom stereocenters. The van der Waals surface area contributed by atoms with Gasteiger partial charge in [-0.1, -0.05) is 11.6 Å². The van der Waals surface area contributed by atoms with Gasteiger partial charge in [0, 0.05) is 11.6 Å². The fourth-order valence-corrected chi connectivity index (χ4v) is 1.89. The molecule has 0 bridgehead atoms. The Hall–Kier alpha value is -1.39. The lowest BCUT2D eigenvalue weighted by Gasteiger charge is -2.06. The summed E-state index contributed by atoms with van der Waals surface area (Å²) in [7, 11) is 1.89. The molecule has 17 heavy (non-hydrogen) atoms. The van der Waals surface area contributed by atoms with Crippen LogP contribution >= 0.6 is 11.6 Å². The molecule has 2 rings (SSSR count). The van der Waals surface area contributed by atoms with E-state index in [2.05, 4.69) is 10.3 Å². The molecule has 0 amide bonds. The molecule has 0 aliphatic heterocycles. The first-order valence-electron chi connectivity index (χ1n) is 5.51. The van der Waals surface area contributed by atoms with Crippen LogP contribution in [0.5, 0.6) is 0 Å². The molecule has 0 saturated heterocycles. The highest BCUT2D eigenvalue weighted by atomic mass is 35.5. The highest BCUT2D eigenvalue weighted by Gasteiger charge is 2.04. The fraction of sp³-hybridized carbons (Fsp3) is 0.333. The number of rotatable bonds is 4. The zero-order valence-corrected chi connectivity index (χ0v) is 10.4. The van der Waals surface area contributed by atoms with Crippen molar-refractivity contribution in [3.05, 3.63) is 39.9 Å². The van der Waals surface area contributed by atoms with E-state index in [9.17, 15) is 4.79 Å². The highest BCUT2D eigenvalue weighted by Crippen LogP contribution is 2.13. The van der Waals surface area contributed by atoms with E-state index < -0.39 is 0 Å². The second-order valence-electron chi connectivity index (χ2n) is 3.86.